The average Bonchev–Trinajstić information content (AvgIpc) is 3.00. The lowest BCUT2D eigenvalue weighted by molar-refractivity contribution is -0.117. The van der Waals surface area contributed by atoms with Crippen LogP contribution in [0.3, 0.4) is 0 Å². The van der Waals surface area contributed by atoms with Crippen molar-refractivity contribution in [1.29, 1.82) is 0 Å². The number of amides is 2. The molecule has 1 saturated heterocycles. The minimum atomic E-state index is -3.07. The minimum absolute atomic E-state index is 0.0377. The van der Waals surface area contributed by atoms with Crippen LogP contribution >= 0.6 is 0 Å². The molecule has 0 saturated carbocycles. The van der Waals surface area contributed by atoms with Crippen LogP contribution in [-0.4, -0.2) is 56.7 Å². The minimum Gasteiger partial charge on any atom is -0.369 e. The van der Waals surface area contributed by atoms with Gasteiger partial charge in [0.05, 0.1) is 28.5 Å². The molecule has 2 heterocycles. The number of nitrogens with one attached hydrogen (secondary N) is 2. The third kappa shape index (κ3) is 4.87. The highest BCUT2D eigenvalue weighted by Crippen LogP contribution is 2.26. The van der Waals surface area contributed by atoms with E-state index in [0.29, 0.717) is 35.7 Å². The zero-order valence-corrected chi connectivity index (χ0v) is 20.6. The number of aliphatic imine (C=N–C) groups is 1. The highest BCUT2D eigenvalue weighted by Gasteiger charge is 2.29. The Kier molecular flexibility index (Phi) is 6.32. The summed E-state index contributed by atoms with van der Waals surface area (Å²) in [6.07, 6.45) is -1.16. The second kappa shape index (κ2) is 9.58. The Morgan fingerprint density at radius 3 is 2.44 bits per heavy atom. The quantitative estimate of drug-likeness (QED) is 0.571. The van der Waals surface area contributed by atoms with Crippen molar-refractivity contribution in [2.45, 2.75) is 13.1 Å². The van der Waals surface area contributed by atoms with E-state index in [-0.39, 0.29) is 11.5 Å². The third-order valence-corrected chi connectivity index (χ3v) is 7.95. The molecule has 2 amide bonds. The summed E-state index contributed by atoms with van der Waals surface area (Å²) < 4.78 is 23.8. The van der Waals surface area contributed by atoms with Gasteiger partial charge in [-0.15, -0.1) is 0 Å². The van der Waals surface area contributed by atoms with E-state index in [0.717, 1.165) is 16.7 Å². The summed E-state index contributed by atoms with van der Waals surface area (Å²) in [4.78, 5) is 33.2. The van der Waals surface area contributed by atoms with Gasteiger partial charge in [0.2, 0.25) is 6.17 Å². The van der Waals surface area contributed by atoms with Crippen molar-refractivity contribution in [2.75, 3.05) is 34.8 Å². The van der Waals surface area contributed by atoms with Crippen molar-refractivity contribution >= 4 is 38.7 Å². The zero-order chi connectivity index (χ0) is 25.3. The van der Waals surface area contributed by atoms with Gasteiger partial charge in [-0.05, 0) is 30.7 Å². The zero-order valence-electron chi connectivity index (χ0n) is 19.8. The monoisotopic (exact) mass is 502 g/mol. The largest absolute Gasteiger partial charge is 0.369 e. The SMILES string of the molecule is Cc1ccc(C(=O)NC2N=C(c3ccccc3)c3ccccc3NC2=O)c(N2CCS(=O)(=O)CC2)c1. The lowest BCUT2D eigenvalue weighted by atomic mass is 10.0. The van der Waals surface area contributed by atoms with E-state index in [1.807, 2.05) is 72.5 Å². The van der Waals surface area contributed by atoms with Gasteiger partial charge in [0.25, 0.3) is 11.8 Å². The molecule has 0 aliphatic carbocycles. The van der Waals surface area contributed by atoms with Crippen LogP contribution in [-0.2, 0) is 14.6 Å². The highest BCUT2D eigenvalue weighted by molar-refractivity contribution is 7.91. The maximum atomic E-state index is 13.5. The molecule has 2 N–H and O–H groups in total. The molecule has 184 valence electrons. The number of sulfone groups is 1. The van der Waals surface area contributed by atoms with Crippen LogP contribution in [0.2, 0.25) is 0 Å². The summed E-state index contributed by atoms with van der Waals surface area (Å²) in [5.74, 6) is -0.827. The summed E-state index contributed by atoms with van der Waals surface area (Å²) in [7, 11) is -3.07. The van der Waals surface area contributed by atoms with Gasteiger partial charge in [0.15, 0.2) is 9.84 Å². The number of anilines is 2. The fraction of sp³-hybridized carbons (Fsp3) is 0.222. The predicted octanol–water partition coefficient (Wildman–Crippen LogP) is 2.78. The number of aryl methyl sites for hydroxylation is 1. The average molecular weight is 503 g/mol. The van der Waals surface area contributed by atoms with Crippen LogP contribution in [0.1, 0.15) is 27.0 Å². The van der Waals surface area contributed by atoms with Gasteiger partial charge in [0, 0.05) is 29.9 Å². The van der Waals surface area contributed by atoms with Crippen molar-refractivity contribution in [1.82, 2.24) is 5.32 Å². The number of benzodiazepines with no additional fused rings is 1. The lowest BCUT2D eigenvalue weighted by Crippen LogP contribution is -2.44. The first-order valence-corrected chi connectivity index (χ1v) is 13.5. The molecule has 0 aromatic heterocycles. The second-order valence-electron chi connectivity index (χ2n) is 8.91. The molecule has 3 aromatic rings. The predicted molar refractivity (Wildman–Crippen MR) is 140 cm³/mol. The first kappa shape index (κ1) is 23.7. The summed E-state index contributed by atoms with van der Waals surface area (Å²) in [6.45, 7) is 2.53. The molecule has 36 heavy (non-hydrogen) atoms. The third-order valence-electron chi connectivity index (χ3n) is 6.34. The van der Waals surface area contributed by atoms with E-state index in [2.05, 4.69) is 10.6 Å². The number of hydrogen-bond acceptors (Lipinski definition) is 6. The molecular weight excluding hydrogens is 476 g/mol. The summed E-state index contributed by atoms with van der Waals surface area (Å²) in [5, 5.41) is 5.67. The Balaban J connectivity index is 1.48. The number of carbonyl (C=O) groups is 2. The van der Waals surface area contributed by atoms with Gasteiger partial charge >= 0.3 is 0 Å². The summed E-state index contributed by atoms with van der Waals surface area (Å²) in [5.41, 5.74) is 4.76. The highest BCUT2D eigenvalue weighted by atomic mass is 32.2. The maximum absolute atomic E-state index is 13.5. The molecule has 0 radical (unpaired) electrons. The van der Waals surface area contributed by atoms with E-state index >= 15 is 0 Å². The molecule has 5 rings (SSSR count). The van der Waals surface area contributed by atoms with Crippen molar-refractivity contribution in [3.63, 3.8) is 0 Å². The van der Waals surface area contributed by atoms with Gasteiger partial charge in [-0.25, -0.2) is 13.4 Å². The van der Waals surface area contributed by atoms with Crippen molar-refractivity contribution < 1.29 is 18.0 Å². The number of carbonyl (C=O) groups excluding carboxylic acids is 2. The van der Waals surface area contributed by atoms with Gasteiger partial charge < -0.3 is 15.5 Å². The molecule has 0 bridgehead atoms. The first-order valence-electron chi connectivity index (χ1n) is 11.7. The van der Waals surface area contributed by atoms with E-state index in [1.54, 1.807) is 12.1 Å². The van der Waals surface area contributed by atoms with E-state index in [9.17, 15) is 18.0 Å². The molecule has 0 spiro atoms. The first-order chi connectivity index (χ1) is 17.3. The molecule has 2 aliphatic rings. The van der Waals surface area contributed by atoms with Crippen LogP contribution in [0.15, 0.2) is 77.8 Å². The van der Waals surface area contributed by atoms with Gasteiger partial charge in [-0.1, -0.05) is 54.6 Å². The number of benzene rings is 3. The van der Waals surface area contributed by atoms with Gasteiger partial charge in [-0.3, -0.25) is 9.59 Å². The number of rotatable bonds is 4. The molecule has 1 atom stereocenters. The lowest BCUT2D eigenvalue weighted by Gasteiger charge is -2.30. The molecule has 1 fully saturated rings. The smallest absolute Gasteiger partial charge is 0.269 e. The fourth-order valence-electron chi connectivity index (χ4n) is 4.43. The van der Waals surface area contributed by atoms with E-state index in [1.165, 1.54) is 0 Å². The molecule has 1 unspecified atom stereocenters. The summed E-state index contributed by atoms with van der Waals surface area (Å²) in [6, 6.07) is 22.3. The standard InChI is InChI=1S/C27H26N4O4S/c1-18-11-12-21(23(17-18)31-13-15-36(34,35)16-14-31)26(32)30-25-27(33)28-22-10-6-5-9-20(22)24(29-25)19-7-3-2-4-8-19/h2-12,17,25H,13-16H2,1H3,(H,28,33)(H,30,32). The maximum Gasteiger partial charge on any atom is 0.269 e. The van der Waals surface area contributed by atoms with E-state index in [4.69, 9.17) is 4.99 Å². The van der Waals surface area contributed by atoms with Crippen LogP contribution in [0.25, 0.3) is 0 Å². The van der Waals surface area contributed by atoms with Gasteiger partial charge in [0.1, 0.15) is 0 Å². The number of nitrogens with zero attached hydrogens (tertiary/aromatic N) is 2. The molecule has 2 aliphatic heterocycles. The fourth-order valence-corrected chi connectivity index (χ4v) is 5.63. The number of fused-ring (bicyclic) bond motifs is 1. The normalized spacial score (nSPS) is 18.9. The molecule has 8 nitrogen and oxygen atoms in total. The Morgan fingerprint density at radius 2 is 1.69 bits per heavy atom. The van der Waals surface area contributed by atoms with Crippen LogP contribution in [0.4, 0.5) is 11.4 Å². The second-order valence-corrected chi connectivity index (χ2v) is 11.2. The molecular formula is C27H26N4O4S. The Hall–Kier alpha value is -3.98. The molecule has 3 aromatic carbocycles. The number of para-hydroxylation sites is 1. The van der Waals surface area contributed by atoms with Crippen molar-refractivity contribution in [3.8, 4) is 0 Å². The van der Waals surface area contributed by atoms with Crippen molar-refractivity contribution in [2.24, 2.45) is 4.99 Å². The van der Waals surface area contributed by atoms with Gasteiger partial charge in [-0.2, -0.15) is 0 Å². The Labute approximate surface area is 210 Å². The van der Waals surface area contributed by atoms with Crippen molar-refractivity contribution in [3.05, 3.63) is 95.1 Å². The topological polar surface area (TPSA) is 108 Å². The van der Waals surface area contributed by atoms with Crippen LogP contribution in [0, 0.1) is 6.92 Å². The summed E-state index contributed by atoms with van der Waals surface area (Å²) >= 11 is 0. The van der Waals surface area contributed by atoms with Crippen LogP contribution in [0.5, 0.6) is 0 Å². The number of hydrogen-bond donors (Lipinski definition) is 2. The van der Waals surface area contributed by atoms with E-state index < -0.39 is 27.8 Å². The van der Waals surface area contributed by atoms with Crippen LogP contribution < -0.4 is 15.5 Å². The molecule has 9 heteroatoms. The Bertz CT molecular complexity index is 1450. The Morgan fingerprint density at radius 1 is 1.00 bits per heavy atom.